The molecule has 74 valence electrons. The van der Waals surface area contributed by atoms with Crippen molar-refractivity contribution in [3.05, 3.63) is 21.7 Å². The number of halogens is 6. The van der Waals surface area contributed by atoms with E-state index >= 15 is 0 Å². The molecule has 13 heavy (non-hydrogen) atoms. The molecule has 1 aliphatic carbocycles. The zero-order chi connectivity index (χ0) is 10.3. The summed E-state index contributed by atoms with van der Waals surface area (Å²) in [6, 6.07) is 0. The van der Waals surface area contributed by atoms with E-state index in [9.17, 15) is 13.2 Å². The molecule has 0 saturated heterocycles. The van der Waals surface area contributed by atoms with E-state index in [2.05, 4.69) is 15.9 Å². The molecule has 0 aromatic heterocycles. The van der Waals surface area contributed by atoms with Gasteiger partial charge >= 0.3 is 6.18 Å². The first-order valence-electron chi connectivity index (χ1n) is 3.26. The van der Waals surface area contributed by atoms with Crippen LogP contribution in [0.4, 0.5) is 13.2 Å². The molecule has 0 nitrogen and oxygen atoms in total. The minimum absolute atomic E-state index is 0.0152. The standard InChI is InChI=1S/C7H4BrCl2F3/c8-4-1-2-6(10,3-5(4)9)7(11,12)13/h1,3H,2H2. The summed E-state index contributed by atoms with van der Waals surface area (Å²) in [5, 5.41) is -0.0152. The molecular formula is C7H4BrCl2F3. The van der Waals surface area contributed by atoms with Crippen molar-refractivity contribution in [1.82, 2.24) is 0 Å². The molecule has 0 N–H and O–H groups in total. The molecule has 1 atom stereocenters. The van der Waals surface area contributed by atoms with Gasteiger partial charge in [0.25, 0.3) is 0 Å². The Morgan fingerprint density at radius 1 is 1.46 bits per heavy atom. The second-order valence-electron chi connectivity index (χ2n) is 2.61. The quantitative estimate of drug-likeness (QED) is 0.584. The first-order chi connectivity index (χ1) is 5.76. The predicted octanol–water partition coefficient (Wildman–Crippen LogP) is 4.33. The summed E-state index contributed by atoms with van der Waals surface area (Å²) in [6.45, 7) is 0. The number of hydrogen-bond donors (Lipinski definition) is 0. The Morgan fingerprint density at radius 2 is 2.00 bits per heavy atom. The molecule has 1 unspecified atom stereocenters. The van der Waals surface area contributed by atoms with E-state index in [4.69, 9.17) is 23.2 Å². The molecule has 0 radical (unpaired) electrons. The van der Waals surface area contributed by atoms with Crippen molar-refractivity contribution in [2.24, 2.45) is 0 Å². The smallest absolute Gasteiger partial charge is 0.169 e. The van der Waals surface area contributed by atoms with Gasteiger partial charge in [-0.15, -0.1) is 11.6 Å². The Labute approximate surface area is 91.5 Å². The van der Waals surface area contributed by atoms with Gasteiger partial charge in [-0.1, -0.05) is 17.7 Å². The Hall–Kier alpha value is 0.330. The van der Waals surface area contributed by atoms with Gasteiger partial charge in [-0.25, -0.2) is 0 Å². The third kappa shape index (κ3) is 2.22. The summed E-state index contributed by atoms with van der Waals surface area (Å²) in [5.74, 6) is 0. The molecule has 0 fully saturated rings. The third-order valence-corrected chi connectivity index (χ3v) is 3.40. The van der Waals surface area contributed by atoms with Crippen molar-refractivity contribution in [1.29, 1.82) is 0 Å². The van der Waals surface area contributed by atoms with Crippen molar-refractivity contribution in [2.45, 2.75) is 17.5 Å². The Morgan fingerprint density at radius 3 is 2.38 bits per heavy atom. The van der Waals surface area contributed by atoms with Gasteiger partial charge in [0.2, 0.25) is 0 Å². The maximum absolute atomic E-state index is 12.3. The summed E-state index contributed by atoms with van der Waals surface area (Å²) in [7, 11) is 0. The normalized spacial score (nSPS) is 29.7. The maximum Gasteiger partial charge on any atom is 0.411 e. The van der Waals surface area contributed by atoms with Crippen LogP contribution >= 0.6 is 39.1 Å². The minimum atomic E-state index is -4.49. The van der Waals surface area contributed by atoms with Crippen molar-refractivity contribution in [3.8, 4) is 0 Å². The first-order valence-corrected chi connectivity index (χ1v) is 4.81. The van der Waals surface area contributed by atoms with Crippen LogP contribution in [0.1, 0.15) is 6.42 Å². The van der Waals surface area contributed by atoms with Crippen LogP contribution in [0.2, 0.25) is 0 Å². The highest BCUT2D eigenvalue weighted by Crippen LogP contribution is 2.45. The molecule has 1 rings (SSSR count). The summed E-state index contributed by atoms with van der Waals surface area (Å²) in [4.78, 5) is -2.36. The fourth-order valence-electron chi connectivity index (χ4n) is 0.862. The molecule has 0 aliphatic heterocycles. The van der Waals surface area contributed by atoms with Gasteiger partial charge in [0.15, 0.2) is 4.87 Å². The second kappa shape index (κ2) is 3.48. The number of rotatable bonds is 0. The van der Waals surface area contributed by atoms with Crippen LogP contribution in [-0.4, -0.2) is 11.1 Å². The highest BCUT2D eigenvalue weighted by atomic mass is 79.9. The Kier molecular flexibility index (Phi) is 3.05. The third-order valence-electron chi connectivity index (χ3n) is 1.63. The number of hydrogen-bond acceptors (Lipinski definition) is 0. The zero-order valence-corrected chi connectivity index (χ0v) is 9.23. The molecular weight excluding hydrogens is 292 g/mol. The maximum atomic E-state index is 12.3. The van der Waals surface area contributed by atoms with Gasteiger partial charge in [0.05, 0.1) is 5.03 Å². The molecule has 0 amide bonds. The van der Waals surface area contributed by atoms with Crippen LogP contribution in [-0.2, 0) is 0 Å². The van der Waals surface area contributed by atoms with Crippen LogP contribution in [0.3, 0.4) is 0 Å². The SMILES string of the molecule is FC(F)(F)C1(Cl)C=C(Cl)C(Br)=CC1. The zero-order valence-electron chi connectivity index (χ0n) is 6.13. The summed E-state index contributed by atoms with van der Waals surface area (Å²) < 4.78 is 37.5. The van der Waals surface area contributed by atoms with E-state index in [1.807, 2.05) is 0 Å². The van der Waals surface area contributed by atoms with Crippen LogP contribution < -0.4 is 0 Å². The Bertz CT molecular complexity index is 282. The fourth-order valence-corrected chi connectivity index (χ4v) is 1.64. The van der Waals surface area contributed by atoms with Crippen molar-refractivity contribution in [3.63, 3.8) is 0 Å². The lowest BCUT2D eigenvalue weighted by molar-refractivity contribution is -0.149. The van der Waals surface area contributed by atoms with Gasteiger partial charge < -0.3 is 0 Å². The molecule has 0 bridgehead atoms. The lowest BCUT2D eigenvalue weighted by atomic mass is 9.99. The van der Waals surface area contributed by atoms with Gasteiger partial charge in [-0.05, 0) is 28.4 Å². The lowest BCUT2D eigenvalue weighted by Gasteiger charge is -2.28. The van der Waals surface area contributed by atoms with Gasteiger partial charge in [-0.2, -0.15) is 13.2 Å². The van der Waals surface area contributed by atoms with E-state index in [1.54, 1.807) is 0 Å². The van der Waals surface area contributed by atoms with E-state index in [0.29, 0.717) is 4.48 Å². The summed E-state index contributed by atoms with van der Waals surface area (Å²) in [5.41, 5.74) is 0. The van der Waals surface area contributed by atoms with E-state index < -0.39 is 11.1 Å². The first kappa shape index (κ1) is 11.4. The topological polar surface area (TPSA) is 0 Å². The van der Waals surface area contributed by atoms with Crippen LogP contribution in [0, 0.1) is 0 Å². The highest BCUT2D eigenvalue weighted by Gasteiger charge is 2.52. The molecule has 1 aliphatic rings. The van der Waals surface area contributed by atoms with E-state index in [0.717, 1.165) is 6.08 Å². The summed E-state index contributed by atoms with van der Waals surface area (Å²) >= 11 is 13.9. The van der Waals surface area contributed by atoms with Crippen molar-refractivity contribution < 1.29 is 13.2 Å². The molecule has 0 aromatic rings. The average molecular weight is 296 g/mol. The largest absolute Gasteiger partial charge is 0.411 e. The van der Waals surface area contributed by atoms with Crippen LogP contribution in [0.5, 0.6) is 0 Å². The van der Waals surface area contributed by atoms with E-state index in [-0.39, 0.29) is 11.5 Å². The second-order valence-corrected chi connectivity index (χ2v) is 4.54. The fraction of sp³-hybridized carbons (Fsp3) is 0.429. The van der Waals surface area contributed by atoms with Gasteiger partial charge in [0.1, 0.15) is 0 Å². The molecule has 0 spiro atoms. The van der Waals surface area contributed by atoms with Gasteiger partial charge in [0, 0.05) is 4.48 Å². The molecule has 0 saturated carbocycles. The van der Waals surface area contributed by atoms with Gasteiger partial charge in [-0.3, -0.25) is 0 Å². The van der Waals surface area contributed by atoms with Crippen molar-refractivity contribution in [2.75, 3.05) is 0 Å². The highest BCUT2D eigenvalue weighted by molar-refractivity contribution is 9.12. The minimum Gasteiger partial charge on any atom is -0.169 e. The number of allylic oxidation sites excluding steroid dienone is 4. The number of alkyl halides is 4. The van der Waals surface area contributed by atoms with Crippen LogP contribution in [0.25, 0.3) is 0 Å². The van der Waals surface area contributed by atoms with Crippen molar-refractivity contribution >= 4 is 39.1 Å². The average Bonchev–Trinajstić information content (AvgIpc) is 1.95. The molecule has 6 heteroatoms. The molecule has 0 heterocycles. The van der Waals surface area contributed by atoms with Crippen LogP contribution in [0.15, 0.2) is 21.7 Å². The molecule has 0 aromatic carbocycles. The Balaban J connectivity index is 3.01. The monoisotopic (exact) mass is 294 g/mol. The summed E-state index contributed by atoms with van der Waals surface area (Å²) in [6.07, 6.45) is -2.68. The van der Waals surface area contributed by atoms with E-state index in [1.165, 1.54) is 6.08 Å². The predicted molar refractivity (Wildman–Crippen MR) is 50.2 cm³/mol. The lowest BCUT2D eigenvalue weighted by Crippen LogP contribution is -2.38.